The van der Waals surface area contributed by atoms with Crippen molar-refractivity contribution in [1.29, 1.82) is 0 Å². The van der Waals surface area contributed by atoms with Gasteiger partial charge in [0.25, 0.3) is 5.56 Å². The molecule has 1 aliphatic rings. The van der Waals surface area contributed by atoms with Crippen LogP contribution in [-0.2, 0) is 18.6 Å². The predicted molar refractivity (Wildman–Crippen MR) is 126 cm³/mol. The highest BCUT2D eigenvalue weighted by Crippen LogP contribution is 2.47. The van der Waals surface area contributed by atoms with Crippen LogP contribution in [0.25, 0.3) is 0 Å². The van der Waals surface area contributed by atoms with Crippen molar-refractivity contribution in [3.05, 3.63) is 63.4 Å². The molecule has 12 nitrogen and oxygen atoms in total. The first-order valence-corrected chi connectivity index (χ1v) is 12.9. The number of aliphatic hydroxyl groups is 2. The van der Waals surface area contributed by atoms with Crippen molar-refractivity contribution in [3.8, 4) is 5.75 Å². The number of nitrogens with one attached hydrogen (secondary N) is 2. The van der Waals surface area contributed by atoms with Crippen molar-refractivity contribution in [2.24, 2.45) is 0 Å². The van der Waals surface area contributed by atoms with E-state index in [4.69, 9.17) is 18.5 Å². The number of H-pyrrole nitrogens is 1. The summed E-state index contributed by atoms with van der Waals surface area (Å²) < 4.78 is 51.7. The highest BCUT2D eigenvalue weighted by atomic mass is 31.2. The highest BCUT2D eigenvalue weighted by Gasteiger charge is 2.55. The van der Waals surface area contributed by atoms with Gasteiger partial charge in [0.05, 0.1) is 12.6 Å². The summed E-state index contributed by atoms with van der Waals surface area (Å²) in [6.45, 7) is 4.05. The fourth-order valence-electron chi connectivity index (χ4n) is 3.54. The Bertz CT molecular complexity index is 1160. The number of aromatic amines is 1. The number of nitrogens with zero attached hydrogens (tertiary/aromatic N) is 1. The van der Waals surface area contributed by atoms with E-state index >= 15 is 4.39 Å². The van der Waals surface area contributed by atoms with Crippen LogP contribution >= 0.6 is 7.75 Å². The first kappa shape index (κ1) is 28.2. The fourth-order valence-corrected chi connectivity index (χ4v) is 5.09. The monoisotopic (exact) mass is 531 g/mol. The van der Waals surface area contributed by atoms with Crippen LogP contribution in [0.1, 0.15) is 33.4 Å². The van der Waals surface area contributed by atoms with E-state index in [9.17, 15) is 24.4 Å². The molecule has 1 saturated heterocycles. The number of rotatable bonds is 12. The molecule has 2 heterocycles. The van der Waals surface area contributed by atoms with Crippen LogP contribution in [0.4, 0.5) is 4.39 Å². The largest absolute Gasteiger partial charge is 0.459 e. The van der Waals surface area contributed by atoms with Crippen LogP contribution in [0.15, 0.2) is 52.2 Å². The molecule has 36 heavy (non-hydrogen) atoms. The lowest BCUT2D eigenvalue weighted by Gasteiger charge is -2.27. The minimum atomic E-state index is -4.23. The molecule has 3 rings (SSSR count). The number of para-hydroxylation sites is 1. The molecule has 7 atom stereocenters. The Hall–Kier alpha value is -2.38. The molecule has 0 bridgehead atoms. The summed E-state index contributed by atoms with van der Waals surface area (Å²) in [5.41, 5.74) is -4.08. The van der Waals surface area contributed by atoms with E-state index in [1.807, 2.05) is 11.9 Å². The van der Waals surface area contributed by atoms with Gasteiger partial charge in [-0.3, -0.25) is 18.9 Å². The molecule has 14 heteroatoms. The summed E-state index contributed by atoms with van der Waals surface area (Å²) in [7, 11) is -4.23. The summed E-state index contributed by atoms with van der Waals surface area (Å²) in [5, 5.41) is 23.3. The van der Waals surface area contributed by atoms with Crippen LogP contribution in [-0.4, -0.2) is 63.2 Å². The van der Waals surface area contributed by atoms with Crippen LogP contribution < -0.4 is 20.9 Å². The number of hydrogen-bond acceptors (Lipinski definition) is 9. The van der Waals surface area contributed by atoms with E-state index in [1.165, 1.54) is 19.1 Å². The van der Waals surface area contributed by atoms with E-state index in [1.54, 1.807) is 18.2 Å². The second kappa shape index (κ2) is 11.8. The molecule has 200 valence electrons. The van der Waals surface area contributed by atoms with Crippen molar-refractivity contribution in [2.75, 3.05) is 13.2 Å². The zero-order valence-corrected chi connectivity index (χ0v) is 21.0. The number of halogens is 1. The van der Waals surface area contributed by atoms with Crippen molar-refractivity contribution < 1.29 is 37.7 Å². The molecule has 1 aromatic carbocycles. The summed E-state index contributed by atoms with van der Waals surface area (Å²) in [6, 6.07) is 8.19. The van der Waals surface area contributed by atoms with Crippen LogP contribution in [0.3, 0.4) is 0 Å². The third kappa shape index (κ3) is 6.68. The van der Waals surface area contributed by atoms with Gasteiger partial charge in [0, 0.05) is 18.9 Å². The molecular formula is C22H31FN3O9P. The van der Waals surface area contributed by atoms with Gasteiger partial charge in [0.15, 0.2) is 18.2 Å². The Morgan fingerprint density at radius 3 is 2.64 bits per heavy atom. The molecule has 1 aromatic heterocycles. The number of benzene rings is 1. The Morgan fingerprint density at radius 1 is 1.31 bits per heavy atom. The molecule has 2 aromatic rings. The van der Waals surface area contributed by atoms with E-state index in [0.717, 1.165) is 23.8 Å². The predicted octanol–water partition coefficient (Wildman–Crippen LogP) is 1.45. The van der Waals surface area contributed by atoms with E-state index in [2.05, 4.69) is 5.09 Å². The van der Waals surface area contributed by atoms with Gasteiger partial charge < -0.3 is 24.2 Å². The molecule has 0 aliphatic carbocycles. The minimum absolute atomic E-state index is 0.186. The molecule has 0 amide bonds. The van der Waals surface area contributed by atoms with Crippen molar-refractivity contribution >= 4 is 7.75 Å². The first-order valence-electron chi connectivity index (χ1n) is 11.4. The standard InChI is InChI=1S/C22H31FN3O9P/c1-4-12-32-19(29)14(2)25-36(31,35-15-8-6-5-7-9-15)33-13-16-18(28)22(3,23)20(34-16)26-11-10-17(27)24-21(26)30/h5-11,14,16,18-20,28-29H,4,12-13H2,1-3H3,(H,25,31)(H,24,27,30)/t14?,16-,18-,19?,20-,22-,36?/m1/s1. The molecule has 4 N–H and O–H groups in total. The molecule has 0 radical (unpaired) electrons. The number of ether oxygens (including phenoxy) is 2. The minimum Gasteiger partial charge on any atom is -0.413 e. The fraction of sp³-hybridized carbons (Fsp3) is 0.545. The summed E-state index contributed by atoms with van der Waals surface area (Å²) >= 11 is 0. The van der Waals surface area contributed by atoms with Gasteiger partial charge in [-0.05, 0) is 32.4 Å². The molecule has 0 spiro atoms. The number of aliphatic hydroxyl groups excluding tert-OH is 2. The van der Waals surface area contributed by atoms with E-state index < -0.39 is 62.0 Å². The van der Waals surface area contributed by atoms with Gasteiger partial charge in [-0.25, -0.2) is 18.8 Å². The zero-order chi connectivity index (χ0) is 26.5. The summed E-state index contributed by atoms with van der Waals surface area (Å²) in [6.07, 6.45) is -4.39. The van der Waals surface area contributed by atoms with Gasteiger partial charge >= 0.3 is 13.4 Å². The van der Waals surface area contributed by atoms with Gasteiger partial charge in [0.2, 0.25) is 0 Å². The number of aromatic nitrogens is 2. The van der Waals surface area contributed by atoms with Gasteiger partial charge in [0.1, 0.15) is 18.0 Å². The van der Waals surface area contributed by atoms with Crippen LogP contribution in [0.2, 0.25) is 0 Å². The zero-order valence-electron chi connectivity index (χ0n) is 20.1. The normalized spacial score (nSPS) is 27.3. The number of hydrogen-bond donors (Lipinski definition) is 4. The van der Waals surface area contributed by atoms with E-state index in [-0.39, 0.29) is 12.4 Å². The smallest absolute Gasteiger partial charge is 0.413 e. The molecule has 1 aliphatic heterocycles. The third-order valence-corrected chi connectivity index (χ3v) is 7.14. The third-order valence-electron chi connectivity index (χ3n) is 5.48. The van der Waals surface area contributed by atoms with Crippen molar-refractivity contribution in [2.45, 2.75) is 63.6 Å². The molecule has 1 fully saturated rings. The van der Waals surface area contributed by atoms with Gasteiger partial charge in [-0.15, -0.1) is 0 Å². The van der Waals surface area contributed by atoms with Gasteiger partial charge in [-0.1, -0.05) is 25.1 Å². The summed E-state index contributed by atoms with van der Waals surface area (Å²) in [5.74, 6) is 0.186. The van der Waals surface area contributed by atoms with Crippen LogP contribution in [0.5, 0.6) is 5.75 Å². The second-order valence-electron chi connectivity index (χ2n) is 8.52. The SMILES string of the molecule is CCCOC(O)C(C)NP(=O)(OC[C@H]1O[C@@H](n2ccc(=O)[nH]c2=O)[C@](C)(F)[C@@H]1O)Oc1ccccc1. The highest BCUT2D eigenvalue weighted by molar-refractivity contribution is 7.52. The maximum absolute atomic E-state index is 15.4. The Balaban J connectivity index is 1.78. The van der Waals surface area contributed by atoms with E-state index in [0.29, 0.717) is 6.42 Å². The quantitative estimate of drug-likeness (QED) is 0.233. The summed E-state index contributed by atoms with van der Waals surface area (Å²) in [4.78, 5) is 25.5. The Labute approximate surface area is 206 Å². The topological polar surface area (TPSA) is 161 Å². The second-order valence-corrected chi connectivity index (χ2v) is 10.2. The average molecular weight is 531 g/mol. The van der Waals surface area contributed by atoms with Gasteiger partial charge in [-0.2, -0.15) is 0 Å². The average Bonchev–Trinajstić information content (AvgIpc) is 3.05. The molecule has 0 saturated carbocycles. The lowest BCUT2D eigenvalue weighted by atomic mass is 9.98. The lowest BCUT2D eigenvalue weighted by Crippen LogP contribution is -2.44. The van der Waals surface area contributed by atoms with Crippen molar-refractivity contribution in [1.82, 2.24) is 14.6 Å². The first-order chi connectivity index (χ1) is 17.0. The lowest BCUT2D eigenvalue weighted by molar-refractivity contribution is -0.113. The Morgan fingerprint density at radius 2 is 2.00 bits per heavy atom. The maximum atomic E-state index is 15.4. The number of alkyl halides is 1. The van der Waals surface area contributed by atoms with Crippen LogP contribution in [0, 0.1) is 0 Å². The van der Waals surface area contributed by atoms with Crippen molar-refractivity contribution in [3.63, 3.8) is 0 Å². The maximum Gasteiger partial charge on any atom is 0.459 e. The Kier molecular flexibility index (Phi) is 9.23. The molecule has 3 unspecified atom stereocenters. The molecular weight excluding hydrogens is 500 g/mol.